The number of pyridine rings is 1. The Balaban J connectivity index is 1.46. The summed E-state index contributed by atoms with van der Waals surface area (Å²) in [6.45, 7) is 3.11. The van der Waals surface area contributed by atoms with Gasteiger partial charge in [0.05, 0.1) is 23.8 Å². The molecule has 0 bridgehead atoms. The summed E-state index contributed by atoms with van der Waals surface area (Å²) in [5, 5.41) is 11.3. The maximum absolute atomic E-state index is 15.4. The molecule has 282 valence electrons. The number of piperidine rings is 2. The number of amides is 2. The predicted octanol–water partition coefficient (Wildman–Crippen LogP) is 7.13. The zero-order valence-electron chi connectivity index (χ0n) is 28.4. The van der Waals surface area contributed by atoms with E-state index in [1.54, 1.807) is 13.0 Å². The van der Waals surface area contributed by atoms with E-state index in [4.69, 9.17) is 4.74 Å². The third-order valence-corrected chi connectivity index (χ3v) is 11.2. The van der Waals surface area contributed by atoms with Gasteiger partial charge in [0.1, 0.15) is 22.1 Å². The summed E-state index contributed by atoms with van der Waals surface area (Å²) in [5.41, 5.74) is -2.78. The molecule has 2 saturated heterocycles. The number of carbonyl (C=O) groups excluding carboxylic acids is 2. The van der Waals surface area contributed by atoms with Crippen LogP contribution < -0.4 is 4.74 Å². The van der Waals surface area contributed by atoms with Crippen LogP contribution >= 0.6 is 11.3 Å². The molecular formula is C36H39F7N4O4S. The Hall–Kier alpha value is -3.76. The summed E-state index contributed by atoms with van der Waals surface area (Å²) in [7, 11) is 0. The second-order valence-electron chi connectivity index (χ2n) is 13.6. The minimum absolute atomic E-state index is 0.0546. The highest BCUT2D eigenvalue weighted by Crippen LogP contribution is 2.44. The number of thiophene rings is 1. The largest absolute Gasteiger partial charge is 0.474 e. The Kier molecular flexibility index (Phi) is 10.9. The lowest BCUT2D eigenvalue weighted by molar-refractivity contribution is -0.163. The molecular weight excluding hydrogens is 717 g/mol. The standard InChI is InChI=1S/C36H39F7N4O4S/c1-2-5-29-34(51-25-19-30(52-21-25)36(41,42)43,12-4-14-47(29)32(49)31-27(35(38,39)40)6-3-13-44-31)33(50)46-17-9-22-7-8-23(37)18-26(22)28(46)20-45-15-10-24(48)11-16-45/h3,6-8,13,18-19,21,24,28-29,48H,2,4-5,9-12,14-17,20H2,1H3/t28-,29-,34+/m1/s1. The fourth-order valence-corrected chi connectivity index (χ4v) is 8.45. The number of aromatic nitrogens is 1. The van der Waals surface area contributed by atoms with Crippen molar-refractivity contribution in [3.8, 4) is 5.75 Å². The Bertz CT molecular complexity index is 1760. The number of aliphatic hydroxyl groups is 1. The van der Waals surface area contributed by atoms with E-state index in [0.29, 0.717) is 55.7 Å². The molecule has 3 atom stereocenters. The lowest BCUT2D eigenvalue weighted by Gasteiger charge is -2.52. The minimum Gasteiger partial charge on any atom is -0.474 e. The topological polar surface area (TPSA) is 86.2 Å². The third-order valence-electron chi connectivity index (χ3n) is 10.2. The summed E-state index contributed by atoms with van der Waals surface area (Å²) in [4.78, 5) is 37.1. The van der Waals surface area contributed by atoms with Gasteiger partial charge in [-0.1, -0.05) is 19.4 Å². The molecule has 2 amide bonds. The zero-order valence-corrected chi connectivity index (χ0v) is 29.2. The van der Waals surface area contributed by atoms with E-state index >= 15 is 4.79 Å². The molecule has 0 saturated carbocycles. The lowest BCUT2D eigenvalue weighted by atomic mass is 9.78. The number of hydrogen-bond acceptors (Lipinski definition) is 7. The van der Waals surface area contributed by atoms with E-state index in [1.165, 1.54) is 17.0 Å². The first kappa shape index (κ1) is 38.0. The molecule has 3 aromatic rings. The van der Waals surface area contributed by atoms with Gasteiger partial charge in [-0.25, -0.2) is 4.39 Å². The molecule has 0 aliphatic carbocycles. The van der Waals surface area contributed by atoms with Crippen molar-refractivity contribution >= 4 is 23.2 Å². The maximum Gasteiger partial charge on any atom is 0.425 e. The van der Waals surface area contributed by atoms with Crippen molar-refractivity contribution < 1.29 is 50.2 Å². The number of alkyl halides is 6. The number of hydrogen-bond donors (Lipinski definition) is 1. The summed E-state index contributed by atoms with van der Waals surface area (Å²) >= 11 is 0.371. The maximum atomic E-state index is 15.4. The Morgan fingerprint density at radius 1 is 1.02 bits per heavy atom. The van der Waals surface area contributed by atoms with E-state index in [-0.39, 0.29) is 44.6 Å². The Morgan fingerprint density at radius 2 is 1.77 bits per heavy atom. The molecule has 2 aromatic heterocycles. The second-order valence-corrected chi connectivity index (χ2v) is 14.5. The molecule has 3 aliphatic rings. The van der Waals surface area contributed by atoms with Crippen LogP contribution in [-0.4, -0.2) is 87.1 Å². The molecule has 0 unspecified atom stereocenters. The van der Waals surface area contributed by atoms with Gasteiger partial charge < -0.3 is 24.5 Å². The SMILES string of the molecule is CCC[C@H]1N(C(=O)c2ncccc2C(F)(F)F)CCC[C@@]1(Oc1csc(C(F)(F)F)c1)C(=O)N1CCc2ccc(F)cc2[C@H]1CN1CCC(O)CC1. The predicted molar refractivity (Wildman–Crippen MR) is 177 cm³/mol. The fraction of sp³-hybridized carbons (Fsp3) is 0.528. The van der Waals surface area contributed by atoms with Crippen LogP contribution in [0.4, 0.5) is 30.7 Å². The van der Waals surface area contributed by atoms with Crippen molar-refractivity contribution in [2.45, 2.75) is 88.0 Å². The van der Waals surface area contributed by atoms with Gasteiger partial charge in [0.25, 0.3) is 11.8 Å². The average molecular weight is 757 g/mol. The summed E-state index contributed by atoms with van der Waals surface area (Å²) in [6.07, 6.45) is -7.30. The number of rotatable bonds is 8. The number of ether oxygens (including phenoxy) is 1. The number of carbonyl (C=O) groups is 2. The van der Waals surface area contributed by atoms with Gasteiger partial charge in [0.15, 0.2) is 0 Å². The van der Waals surface area contributed by atoms with Crippen molar-refractivity contribution in [3.05, 3.63) is 81.1 Å². The minimum atomic E-state index is -4.92. The van der Waals surface area contributed by atoms with Gasteiger partial charge in [0, 0.05) is 56.8 Å². The highest BCUT2D eigenvalue weighted by atomic mass is 32.1. The highest BCUT2D eigenvalue weighted by molar-refractivity contribution is 7.10. The molecule has 16 heteroatoms. The van der Waals surface area contributed by atoms with Crippen LogP contribution in [0.15, 0.2) is 48.0 Å². The van der Waals surface area contributed by atoms with E-state index in [1.807, 2.05) is 0 Å². The van der Waals surface area contributed by atoms with Gasteiger partial charge in [-0.05, 0) is 67.5 Å². The number of nitrogens with zero attached hydrogens (tertiary/aromatic N) is 4. The molecule has 0 spiro atoms. The molecule has 52 heavy (non-hydrogen) atoms. The molecule has 3 aliphatic heterocycles. The smallest absolute Gasteiger partial charge is 0.425 e. The lowest BCUT2D eigenvalue weighted by Crippen LogP contribution is -2.69. The number of halogens is 7. The van der Waals surface area contributed by atoms with Gasteiger partial charge in [0.2, 0.25) is 5.60 Å². The van der Waals surface area contributed by atoms with E-state index in [2.05, 4.69) is 9.88 Å². The van der Waals surface area contributed by atoms with Crippen molar-refractivity contribution in [1.82, 2.24) is 19.7 Å². The fourth-order valence-electron chi connectivity index (χ4n) is 7.77. The first-order valence-corrected chi connectivity index (χ1v) is 18.2. The van der Waals surface area contributed by atoms with E-state index < -0.39 is 69.9 Å². The van der Waals surface area contributed by atoms with Crippen LogP contribution in [0.3, 0.4) is 0 Å². The number of aliphatic hydroxyl groups excluding tert-OH is 1. The van der Waals surface area contributed by atoms with Gasteiger partial charge >= 0.3 is 12.4 Å². The van der Waals surface area contributed by atoms with Crippen molar-refractivity contribution in [3.63, 3.8) is 0 Å². The molecule has 1 N–H and O–H groups in total. The van der Waals surface area contributed by atoms with Crippen LogP contribution in [0.25, 0.3) is 0 Å². The molecule has 6 rings (SSSR count). The first-order valence-electron chi connectivity index (χ1n) is 17.3. The van der Waals surface area contributed by atoms with Gasteiger partial charge in [-0.2, -0.15) is 26.3 Å². The molecule has 2 fully saturated rings. The zero-order chi connectivity index (χ0) is 37.4. The first-order chi connectivity index (χ1) is 24.6. The van der Waals surface area contributed by atoms with Crippen molar-refractivity contribution in [2.75, 3.05) is 32.7 Å². The van der Waals surface area contributed by atoms with Gasteiger partial charge in [-0.15, -0.1) is 11.3 Å². The monoisotopic (exact) mass is 756 g/mol. The highest BCUT2D eigenvalue weighted by Gasteiger charge is 2.57. The second kappa shape index (κ2) is 14.9. The normalized spacial score (nSPS) is 23.4. The number of likely N-dealkylation sites (tertiary alicyclic amines) is 2. The van der Waals surface area contributed by atoms with Crippen molar-refractivity contribution in [2.24, 2.45) is 0 Å². The van der Waals surface area contributed by atoms with Crippen LogP contribution in [-0.2, 0) is 23.6 Å². The Labute approximate surface area is 300 Å². The van der Waals surface area contributed by atoms with Crippen molar-refractivity contribution in [1.29, 1.82) is 0 Å². The number of benzene rings is 1. The molecule has 1 aromatic carbocycles. The third kappa shape index (κ3) is 7.65. The van der Waals surface area contributed by atoms with E-state index in [0.717, 1.165) is 40.2 Å². The quantitative estimate of drug-likeness (QED) is 0.247. The average Bonchev–Trinajstić information content (AvgIpc) is 3.58. The van der Waals surface area contributed by atoms with Crippen LogP contribution in [0.2, 0.25) is 0 Å². The number of fused-ring (bicyclic) bond motifs is 1. The molecule has 8 nitrogen and oxygen atoms in total. The van der Waals surface area contributed by atoms with Crippen LogP contribution in [0.1, 0.15) is 83.5 Å². The summed E-state index contributed by atoms with van der Waals surface area (Å²) in [5.74, 6) is -2.52. The Morgan fingerprint density at radius 3 is 2.44 bits per heavy atom. The van der Waals surface area contributed by atoms with Crippen LogP contribution in [0, 0.1) is 5.82 Å². The summed E-state index contributed by atoms with van der Waals surface area (Å²) in [6, 6.07) is 4.99. The van der Waals surface area contributed by atoms with Crippen LogP contribution in [0.5, 0.6) is 5.75 Å². The summed E-state index contributed by atoms with van der Waals surface area (Å²) < 4.78 is 105. The van der Waals surface area contributed by atoms with E-state index in [9.17, 15) is 40.6 Å². The molecule has 0 radical (unpaired) electrons. The molecule has 5 heterocycles. The van der Waals surface area contributed by atoms with Gasteiger partial charge in [-0.3, -0.25) is 14.6 Å².